The summed E-state index contributed by atoms with van der Waals surface area (Å²) in [5, 5.41) is 2.72. The molecule has 0 aliphatic rings. The van der Waals surface area contributed by atoms with Crippen LogP contribution >= 0.6 is 0 Å². The lowest BCUT2D eigenvalue weighted by Gasteiger charge is -2.14. The first-order valence-electron chi connectivity index (χ1n) is 7.79. The van der Waals surface area contributed by atoms with Crippen LogP contribution in [0.1, 0.15) is 45.6 Å². The van der Waals surface area contributed by atoms with Crippen LogP contribution in [0.15, 0.2) is 29.2 Å². The van der Waals surface area contributed by atoms with Gasteiger partial charge in [-0.2, -0.15) is 4.72 Å². The average Bonchev–Trinajstić information content (AvgIpc) is 2.48. The molecule has 0 heterocycles. The molecule has 0 fully saturated rings. The molecule has 124 valence electrons. The third-order valence-electron chi connectivity index (χ3n) is 3.33. The lowest BCUT2D eigenvalue weighted by atomic mass is 10.1. The molecular formula is C16H26N2O3S. The van der Waals surface area contributed by atoms with Crippen LogP contribution < -0.4 is 10.0 Å². The van der Waals surface area contributed by atoms with E-state index in [9.17, 15) is 13.2 Å². The summed E-state index contributed by atoms with van der Waals surface area (Å²) < 4.78 is 26.9. The van der Waals surface area contributed by atoms with Crippen LogP contribution in [0.25, 0.3) is 0 Å². The highest BCUT2D eigenvalue weighted by Crippen LogP contribution is 2.12. The number of sulfonamides is 1. The van der Waals surface area contributed by atoms with Gasteiger partial charge < -0.3 is 5.32 Å². The van der Waals surface area contributed by atoms with Gasteiger partial charge in [-0.05, 0) is 37.5 Å². The fraction of sp³-hybridized carbons (Fsp3) is 0.562. The van der Waals surface area contributed by atoms with Crippen molar-refractivity contribution >= 4 is 15.9 Å². The molecule has 1 rings (SSSR count). The lowest BCUT2D eigenvalue weighted by Crippen LogP contribution is -2.44. The van der Waals surface area contributed by atoms with Crippen molar-refractivity contribution in [2.75, 3.05) is 6.54 Å². The SMILES string of the molecule is CCCCNC(=O)C(C)NS(=O)(=O)c1ccc(CCC)cc1. The molecule has 1 aromatic carbocycles. The average molecular weight is 326 g/mol. The van der Waals surface area contributed by atoms with E-state index in [0.29, 0.717) is 6.54 Å². The predicted octanol–water partition coefficient (Wildman–Crippen LogP) is 2.22. The molecule has 2 N–H and O–H groups in total. The number of unbranched alkanes of at least 4 members (excludes halogenated alkanes) is 1. The smallest absolute Gasteiger partial charge is 0.241 e. The van der Waals surface area contributed by atoms with Gasteiger partial charge in [0.1, 0.15) is 0 Å². The van der Waals surface area contributed by atoms with Crippen molar-refractivity contribution in [3.05, 3.63) is 29.8 Å². The van der Waals surface area contributed by atoms with E-state index in [1.807, 2.05) is 19.1 Å². The van der Waals surface area contributed by atoms with Gasteiger partial charge in [0, 0.05) is 6.54 Å². The highest BCUT2D eigenvalue weighted by Gasteiger charge is 2.21. The van der Waals surface area contributed by atoms with Crippen LogP contribution in [0.5, 0.6) is 0 Å². The molecule has 0 aliphatic heterocycles. The van der Waals surface area contributed by atoms with E-state index in [2.05, 4.69) is 17.0 Å². The number of hydrogen-bond donors (Lipinski definition) is 2. The van der Waals surface area contributed by atoms with Gasteiger partial charge in [0.05, 0.1) is 10.9 Å². The topological polar surface area (TPSA) is 75.3 Å². The fourth-order valence-electron chi connectivity index (χ4n) is 2.02. The summed E-state index contributed by atoms with van der Waals surface area (Å²) >= 11 is 0. The van der Waals surface area contributed by atoms with Crippen molar-refractivity contribution < 1.29 is 13.2 Å². The van der Waals surface area contributed by atoms with Gasteiger partial charge in [-0.15, -0.1) is 0 Å². The molecule has 1 aromatic rings. The number of carbonyl (C=O) groups excluding carboxylic acids is 1. The highest BCUT2D eigenvalue weighted by molar-refractivity contribution is 7.89. The zero-order valence-corrected chi connectivity index (χ0v) is 14.4. The van der Waals surface area contributed by atoms with Crippen molar-refractivity contribution in [3.8, 4) is 0 Å². The monoisotopic (exact) mass is 326 g/mol. The number of aryl methyl sites for hydroxylation is 1. The number of amides is 1. The van der Waals surface area contributed by atoms with Crippen molar-refractivity contribution in [2.45, 2.75) is 57.4 Å². The number of hydrogen-bond acceptors (Lipinski definition) is 3. The molecule has 1 amide bonds. The Morgan fingerprint density at radius 3 is 2.32 bits per heavy atom. The Hall–Kier alpha value is -1.40. The molecule has 0 aliphatic carbocycles. The standard InChI is InChI=1S/C16H26N2O3S/c1-4-6-12-17-16(19)13(3)18-22(20,21)15-10-8-14(7-5-2)9-11-15/h8-11,13,18H,4-7,12H2,1-3H3,(H,17,19). The highest BCUT2D eigenvalue weighted by atomic mass is 32.2. The van der Waals surface area contributed by atoms with E-state index in [1.165, 1.54) is 0 Å². The van der Waals surface area contributed by atoms with Gasteiger partial charge in [-0.25, -0.2) is 8.42 Å². The van der Waals surface area contributed by atoms with Gasteiger partial charge >= 0.3 is 0 Å². The van der Waals surface area contributed by atoms with Gasteiger partial charge in [-0.3, -0.25) is 4.79 Å². The van der Waals surface area contributed by atoms with Crippen molar-refractivity contribution in [2.24, 2.45) is 0 Å². The molecule has 5 nitrogen and oxygen atoms in total. The summed E-state index contributed by atoms with van der Waals surface area (Å²) in [6, 6.07) is 5.98. The molecule has 0 saturated heterocycles. The minimum absolute atomic E-state index is 0.181. The van der Waals surface area contributed by atoms with E-state index < -0.39 is 16.1 Å². The molecule has 6 heteroatoms. The van der Waals surface area contributed by atoms with Crippen LogP contribution in [0.2, 0.25) is 0 Å². The van der Waals surface area contributed by atoms with Crippen LogP contribution in [0.4, 0.5) is 0 Å². The second-order valence-corrected chi connectivity index (χ2v) is 7.10. The molecule has 0 aromatic heterocycles. The quantitative estimate of drug-likeness (QED) is 0.683. The molecular weight excluding hydrogens is 300 g/mol. The molecule has 1 unspecified atom stereocenters. The summed E-state index contributed by atoms with van der Waals surface area (Å²) in [4.78, 5) is 12.0. The first kappa shape index (κ1) is 18.6. The second-order valence-electron chi connectivity index (χ2n) is 5.38. The van der Waals surface area contributed by atoms with E-state index in [0.717, 1.165) is 31.2 Å². The number of benzene rings is 1. The summed E-state index contributed by atoms with van der Waals surface area (Å²) in [7, 11) is -3.68. The molecule has 0 saturated carbocycles. The maximum absolute atomic E-state index is 12.3. The third kappa shape index (κ3) is 5.77. The summed E-state index contributed by atoms with van der Waals surface area (Å²) in [5.41, 5.74) is 1.10. The third-order valence-corrected chi connectivity index (χ3v) is 4.88. The minimum atomic E-state index is -3.68. The normalized spacial score (nSPS) is 12.9. The van der Waals surface area contributed by atoms with Gasteiger partial charge in [0.25, 0.3) is 0 Å². The maximum Gasteiger partial charge on any atom is 0.241 e. The van der Waals surface area contributed by atoms with Gasteiger partial charge in [-0.1, -0.05) is 38.8 Å². The molecule has 22 heavy (non-hydrogen) atoms. The predicted molar refractivity (Wildman–Crippen MR) is 88.1 cm³/mol. The zero-order valence-electron chi connectivity index (χ0n) is 13.6. The number of nitrogens with one attached hydrogen (secondary N) is 2. The van der Waals surface area contributed by atoms with E-state index >= 15 is 0 Å². The number of carbonyl (C=O) groups is 1. The minimum Gasteiger partial charge on any atom is -0.355 e. The lowest BCUT2D eigenvalue weighted by molar-refractivity contribution is -0.122. The first-order valence-corrected chi connectivity index (χ1v) is 9.28. The summed E-state index contributed by atoms with van der Waals surface area (Å²) in [5.74, 6) is -0.306. The van der Waals surface area contributed by atoms with Crippen molar-refractivity contribution in [1.82, 2.24) is 10.0 Å². The molecule has 0 radical (unpaired) electrons. The Morgan fingerprint density at radius 1 is 1.14 bits per heavy atom. The van der Waals surface area contributed by atoms with Gasteiger partial charge in [0.2, 0.25) is 15.9 Å². The van der Waals surface area contributed by atoms with E-state index in [1.54, 1.807) is 19.1 Å². The summed E-state index contributed by atoms with van der Waals surface area (Å²) in [6.07, 6.45) is 3.79. The van der Waals surface area contributed by atoms with Crippen LogP contribution in [0.3, 0.4) is 0 Å². The largest absolute Gasteiger partial charge is 0.355 e. The Kier molecular flexibility index (Phi) is 7.55. The fourth-order valence-corrected chi connectivity index (χ4v) is 3.22. The zero-order chi connectivity index (χ0) is 16.6. The Labute approximate surface area is 133 Å². The molecule has 0 bridgehead atoms. The maximum atomic E-state index is 12.3. The number of rotatable bonds is 9. The first-order chi connectivity index (χ1) is 10.4. The van der Waals surface area contributed by atoms with Crippen LogP contribution in [-0.2, 0) is 21.2 Å². The van der Waals surface area contributed by atoms with Gasteiger partial charge in [0.15, 0.2) is 0 Å². The van der Waals surface area contributed by atoms with E-state index in [-0.39, 0.29) is 10.8 Å². The second kappa shape index (κ2) is 8.90. The van der Waals surface area contributed by atoms with Crippen molar-refractivity contribution in [3.63, 3.8) is 0 Å². The molecule has 0 spiro atoms. The van der Waals surface area contributed by atoms with Crippen molar-refractivity contribution in [1.29, 1.82) is 0 Å². The Balaban J connectivity index is 2.67. The Morgan fingerprint density at radius 2 is 1.77 bits per heavy atom. The van der Waals surface area contributed by atoms with Crippen LogP contribution in [0, 0.1) is 0 Å². The summed E-state index contributed by atoms with van der Waals surface area (Å²) in [6.45, 7) is 6.21. The molecule has 1 atom stereocenters. The van der Waals surface area contributed by atoms with Crippen LogP contribution in [-0.4, -0.2) is 26.9 Å². The Bertz CT molecular complexity index is 568. The van der Waals surface area contributed by atoms with E-state index in [4.69, 9.17) is 0 Å².